The Kier molecular flexibility index (Phi) is 8.13. The first-order valence-electron chi connectivity index (χ1n) is 19.4. The van der Waals surface area contributed by atoms with E-state index >= 15 is 0 Å². The molecule has 11 rings (SSSR count). The van der Waals surface area contributed by atoms with Crippen LogP contribution in [0, 0.1) is 0 Å². The van der Waals surface area contributed by atoms with Gasteiger partial charge in [-0.3, -0.25) is 4.57 Å². The van der Waals surface area contributed by atoms with Crippen LogP contribution in [0.25, 0.3) is 105 Å². The van der Waals surface area contributed by atoms with E-state index in [9.17, 15) is 0 Å². The summed E-state index contributed by atoms with van der Waals surface area (Å²) in [5.41, 5.74) is 12.4. The Morgan fingerprint density at radius 3 is 1.75 bits per heavy atom. The van der Waals surface area contributed by atoms with Crippen LogP contribution in [0.1, 0.15) is 0 Å². The zero-order valence-electron chi connectivity index (χ0n) is 31.8. The Morgan fingerprint density at radius 2 is 0.983 bits per heavy atom. The number of hydrogen-bond donors (Lipinski definition) is 0. The van der Waals surface area contributed by atoms with Crippen LogP contribution in [0.4, 0.5) is 0 Å². The van der Waals surface area contributed by atoms with E-state index in [0.29, 0.717) is 5.56 Å². The second-order valence-corrected chi connectivity index (χ2v) is 14.9. The second kappa shape index (κ2) is 13.6. The number of benzene rings is 9. The average molecular weight is 738 g/mol. The number of aromatic nitrogens is 2. The van der Waals surface area contributed by atoms with Crippen LogP contribution in [0.2, 0.25) is 0 Å². The third-order valence-corrected chi connectivity index (χ3v) is 11.7. The van der Waals surface area contributed by atoms with Gasteiger partial charge in [0.05, 0.1) is 11.0 Å². The van der Waals surface area contributed by atoms with Gasteiger partial charge in [0.15, 0.2) is 0 Å². The molecule has 0 fully saturated rings. The molecule has 59 heavy (non-hydrogen) atoms. The molecule has 0 aliphatic carbocycles. The fourth-order valence-corrected chi connectivity index (χ4v) is 8.92. The van der Waals surface area contributed by atoms with Crippen LogP contribution < -0.4 is 27.3 Å². The van der Waals surface area contributed by atoms with Crippen molar-refractivity contribution in [3.8, 4) is 50.5 Å². The van der Waals surface area contributed by atoms with Crippen molar-refractivity contribution in [1.29, 1.82) is 0 Å². The summed E-state index contributed by atoms with van der Waals surface area (Å²) < 4.78 is 8.64. The van der Waals surface area contributed by atoms with Gasteiger partial charge in [0.25, 0.3) is 0 Å². The highest BCUT2D eigenvalue weighted by molar-refractivity contribution is 6.68. The first-order chi connectivity index (χ1) is 28.9. The summed E-state index contributed by atoms with van der Waals surface area (Å²) in [6, 6.07) is 56.7. The molecule has 11 aromatic rings. The number of hydrogen-bond acceptors (Lipinski definition) is 2. The monoisotopic (exact) mass is 738 g/mol. The van der Waals surface area contributed by atoms with Crippen molar-refractivity contribution in [3.05, 3.63) is 164 Å². The molecule has 0 atom stereocenters. The summed E-state index contributed by atoms with van der Waals surface area (Å²) in [5.74, 6) is 0.872. The molecule has 2 heterocycles. The maximum atomic E-state index is 6.69. The van der Waals surface area contributed by atoms with Gasteiger partial charge in [-0.2, -0.15) is 0 Å². The van der Waals surface area contributed by atoms with Crippen molar-refractivity contribution >= 4 is 121 Å². The highest BCUT2D eigenvalue weighted by Gasteiger charge is 2.22. The molecular weight excluding hydrogens is 711 g/mol. The molecular formula is C51H27B5N2O. The van der Waals surface area contributed by atoms with Gasteiger partial charge in [0, 0.05) is 22.0 Å². The first kappa shape index (κ1) is 35.3. The van der Waals surface area contributed by atoms with E-state index in [0.717, 1.165) is 99.4 Å². The van der Waals surface area contributed by atoms with E-state index in [1.807, 2.05) is 42.5 Å². The molecule has 0 saturated carbocycles. The number of rotatable bonds is 5. The Morgan fingerprint density at radius 1 is 0.407 bits per heavy atom. The van der Waals surface area contributed by atoms with Crippen molar-refractivity contribution < 1.29 is 4.42 Å². The van der Waals surface area contributed by atoms with E-state index in [4.69, 9.17) is 48.6 Å². The Labute approximate surface area is 347 Å². The Balaban J connectivity index is 1.20. The van der Waals surface area contributed by atoms with E-state index < -0.39 is 0 Å². The van der Waals surface area contributed by atoms with E-state index in [1.54, 1.807) is 0 Å². The highest BCUT2D eigenvalue weighted by atomic mass is 16.3. The number of para-hydroxylation sites is 4. The topological polar surface area (TPSA) is 31.0 Å². The van der Waals surface area contributed by atoms with Gasteiger partial charge in [0.2, 0.25) is 0 Å². The number of fused-ring (bicyclic) bond motifs is 6. The molecule has 2 aromatic heterocycles. The van der Waals surface area contributed by atoms with Gasteiger partial charge >= 0.3 is 0 Å². The minimum atomic E-state index is 0.180. The first-order valence-corrected chi connectivity index (χ1v) is 19.4. The maximum Gasteiger partial charge on any atom is 0.145 e. The molecule has 0 amide bonds. The molecule has 3 nitrogen and oxygen atoms in total. The fourth-order valence-electron chi connectivity index (χ4n) is 8.92. The van der Waals surface area contributed by atoms with E-state index in [2.05, 4.69) is 126 Å². The molecule has 0 aliphatic heterocycles. The largest absolute Gasteiger partial charge is 0.456 e. The van der Waals surface area contributed by atoms with Crippen LogP contribution in [0.5, 0.6) is 0 Å². The smallest absolute Gasteiger partial charge is 0.145 e. The van der Waals surface area contributed by atoms with Gasteiger partial charge in [-0.15, -0.1) is 16.4 Å². The Hall–Kier alpha value is -6.91. The SMILES string of the molecule is [B]c1c([B])c([B])c(-c2ccc3c(-c4ccc(-c5nc6ccccc6n5-c5ccccc5)cc4)c4ccccc4c(-c4cccc5oc6ccccc6c45)c3c2)c([B])c1[B]. The predicted octanol–water partition coefficient (Wildman–Crippen LogP) is 7.87. The van der Waals surface area contributed by atoms with Gasteiger partial charge in [-0.1, -0.05) is 132 Å². The summed E-state index contributed by atoms with van der Waals surface area (Å²) in [5, 5.41) is 6.31. The summed E-state index contributed by atoms with van der Waals surface area (Å²) >= 11 is 0. The van der Waals surface area contributed by atoms with Crippen molar-refractivity contribution in [3.63, 3.8) is 0 Å². The van der Waals surface area contributed by atoms with Gasteiger partial charge in [-0.05, 0) is 97.4 Å². The van der Waals surface area contributed by atoms with Crippen LogP contribution in [0.15, 0.2) is 168 Å². The number of nitrogens with zero attached hydrogens (tertiary/aromatic N) is 2. The highest BCUT2D eigenvalue weighted by Crippen LogP contribution is 2.48. The summed E-state index contributed by atoms with van der Waals surface area (Å²) in [6.45, 7) is 0. The van der Waals surface area contributed by atoms with Crippen molar-refractivity contribution in [1.82, 2.24) is 9.55 Å². The molecule has 262 valence electrons. The van der Waals surface area contributed by atoms with E-state index in [-0.39, 0.29) is 27.3 Å². The molecule has 9 aromatic carbocycles. The molecule has 10 radical (unpaired) electrons. The summed E-state index contributed by atoms with van der Waals surface area (Å²) in [6.07, 6.45) is 0. The van der Waals surface area contributed by atoms with Crippen molar-refractivity contribution in [2.24, 2.45) is 0 Å². The van der Waals surface area contributed by atoms with Gasteiger partial charge in [-0.25, -0.2) is 4.98 Å². The maximum absolute atomic E-state index is 6.69. The molecule has 0 unspecified atom stereocenters. The Bertz CT molecular complexity index is 3470. The molecule has 0 N–H and O–H groups in total. The normalized spacial score (nSPS) is 11.7. The van der Waals surface area contributed by atoms with Crippen LogP contribution in [-0.2, 0) is 0 Å². The zero-order valence-corrected chi connectivity index (χ0v) is 31.8. The van der Waals surface area contributed by atoms with Crippen molar-refractivity contribution in [2.45, 2.75) is 0 Å². The third-order valence-electron chi connectivity index (χ3n) is 11.7. The molecule has 0 aliphatic rings. The van der Waals surface area contributed by atoms with Crippen LogP contribution in [0.3, 0.4) is 0 Å². The summed E-state index contributed by atoms with van der Waals surface area (Å²) in [7, 11) is 32.4. The second-order valence-electron chi connectivity index (χ2n) is 14.9. The standard InChI is InChI=1S/C51H27B5N2O/c52-46-43(47(53)49(55)50(56)48(46)54)30-25-26-34-37(27-30)44(36-16-10-20-41-45(36)35-15-6-9-19-40(35)59-41)33-14-5-4-13-32(33)42(34)28-21-23-29(24-22-28)51-57-38-17-7-8-18-39(38)58(51)31-11-2-1-3-12-31/h1-27H. The third kappa shape index (κ3) is 5.39. The number of furan rings is 1. The molecule has 0 bridgehead atoms. The summed E-state index contributed by atoms with van der Waals surface area (Å²) in [4.78, 5) is 5.13. The molecule has 8 heteroatoms. The quantitative estimate of drug-likeness (QED) is 0.133. The van der Waals surface area contributed by atoms with E-state index in [1.165, 1.54) is 0 Å². The molecule has 0 spiro atoms. The molecule has 0 saturated heterocycles. The minimum absolute atomic E-state index is 0.180. The minimum Gasteiger partial charge on any atom is -0.456 e. The zero-order chi connectivity index (χ0) is 39.9. The predicted molar refractivity (Wildman–Crippen MR) is 252 cm³/mol. The van der Waals surface area contributed by atoms with Crippen LogP contribution in [-0.4, -0.2) is 48.8 Å². The lowest BCUT2D eigenvalue weighted by Gasteiger charge is -2.23. The fraction of sp³-hybridized carbons (Fsp3) is 0. The average Bonchev–Trinajstić information content (AvgIpc) is 3.87. The lowest BCUT2D eigenvalue weighted by molar-refractivity contribution is 0.669. The van der Waals surface area contributed by atoms with Crippen LogP contribution >= 0.6 is 0 Å². The lowest BCUT2D eigenvalue weighted by Crippen LogP contribution is -2.55. The van der Waals surface area contributed by atoms with Crippen molar-refractivity contribution in [2.75, 3.05) is 0 Å². The van der Waals surface area contributed by atoms with Gasteiger partial charge in [0.1, 0.15) is 56.2 Å². The van der Waals surface area contributed by atoms with Gasteiger partial charge < -0.3 is 4.42 Å². The lowest BCUT2D eigenvalue weighted by atomic mass is 9.59. The number of imidazole rings is 1.